The Hall–Kier alpha value is -3.82. The second-order valence-electron chi connectivity index (χ2n) is 9.83. The third-order valence-corrected chi connectivity index (χ3v) is 6.89. The van der Waals surface area contributed by atoms with Gasteiger partial charge in [0.1, 0.15) is 14.7 Å². The molecule has 1 aliphatic carbocycles. The van der Waals surface area contributed by atoms with Crippen LogP contribution in [0.2, 0.25) is 19.6 Å². The molecule has 0 heterocycles. The maximum Gasteiger partial charge on any atom is 0.411 e. The second-order valence-corrected chi connectivity index (χ2v) is 14.6. The van der Waals surface area contributed by atoms with Gasteiger partial charge in [-0.1, -0.05) is 74.1 Å². The van der Waals surface area contributed by atoms with Crippen LogP contribution < -0.4 is 5.32 Å². The van der Waals surface area contributed by atoms with E-state index >= 15 is 0 Å². The second kappa shape index (κ2) is 9.81. The van der Waals surface area contributed by atoms with Crippen molar-refractivity contribution < 1.29 is 19.4 Å². The van der Waals surface area contributed by atoms with Gasteiger partial charge in [0.25, 0.3) is 0 Å². The number of nitrogens with one attached hydrogen (secondary N) is 1. The van der Waals surface area contributed by atoms with Crippen LogP contribution in [-0.4, -0.2) is 31.8 Å². The van der Waals surface area contributed by atoms with E-state index in [1.807, 2.05) is 24.3 Å². The lowest BCUT2D eigenvalue weighted by atomic mass is 9.98. The molecule has 35 heavy (non-hydrogen) atoms. The molecule has 1 amide bonds. The molecule has 6 heteroatoms. The van der Waals surface area contributed by atoms with Crippen molar-refractivity contribution in [3.05, 3.63) is 88.5 Å². The van der Waals surface area contributed by atoms with Gasteiger partial charge in [-0.25, -0.2) is 4.79 Å². The summed E-state index contributed by atoms with van der Waals surface area (Å²) in [5.74, 6) is 2.19. The monoisotopic (exact) mass is 483 g/mol. The lowest BCUT2D eigenvalue weighted by Crippen LogP contribution is -2.19. The van der Waals surface area contributed by atoms with Gasteiger partial charge in [-0.2, -0.15) is 0 Å². The van der Waals surface area contributed by atoms with Gasteiger partial charge in [-0.15, -0.1) is 5.54 Å². The first-order valence-electron chi connectivity index (χ1n) is 11.6. The standard InChI is InChI=1S/C29H29NO4Si/c1-19-21(17-28(31)32)15-20(13-14-35(2,3)4)16-27(19)30-29(33)34-18-26-24-11-7-5-9-22(24)23-10-6-8-12-25(23)26/h5-12,15-16,26H,17-18H2,1-4H3,(H,30,33)(H,31,32). The Morgan fingerprint density at radius 3 is 2.17 bits per heavy atom. The summed E-state index contributed by atoms with van der Waals surface area (Å²) in [6.45, 7) is 8.43. The Morgan fingerprint density at radius 1 is 1.00 bits per heavy atom. The Balaban J connectivity index is 1.55. The fraction of sp³-hybridized carbons (Fsp3) is 0.241. The molecule has 0 saturated carbocycles. The summed E-state index contributed by atoms with van der Waals surface area (Å²) in [6, 6.07) is 19.9. The molecule has 5 nitrogen and oxygen atoms in total. The summed E-state index contributed by atoms with van der Waals surface area (Å²) in [4.78, 5) is 24.2. The summed E-state index contributed by atoms with van der Waals surface area (Å²) < 4.78 is 5.68. The van der Waals surface area contributed by atoms with Gasteiger partial charge in [0.05, 0.1) is 6.42 Å². The van der Waals surface area contributed by atoms with Crippen molar-refractivity contribution in [2.45, 2.75) is 38.9 Å². The molecule has 0 unspecified atom stereocenters. The van der Waals surface area contributed by atoms with Crippen molar-refractivity contribution >= 4 is 25.8 Å². The molecule has 0 saturated heterocycles. The van der Waals surface area contributed by atoms with Crippen molar-refractivity contribution in [2.75, 3.05) is 11.9 Å². The van der Waals surface area contributed by atoms with Crippen molar-refractivity contribution in [1.82, 2.24) is 0 Å². The third-order valence-electron chi connectivity index (χ3n) is 6.02. The molecular formula is C29H29NO4Si. The highest BCUT2D eigenvalue weighted by Gasteiger charge is 2.29. The topological polar surface area (TPSA) is 75.6 Å². The Kier molecular flexibility index (Phi) is 6.81. The predicted octanol–water partition coefficient (Wildman–Crippen LogP) is 6.21. The molecule has 0 atom stereocenters. The number of benzene rings is 3. The Labute approximate surface area is 207 Å². The highest BCUT2D eigenvalue weighted by atomic mass is 28.3. The first-order valence-corrected chi connectivity index (χ1v) is 15.1. The molecule has 4 rings (SSSR count). The van der Waals surface area contributed by atoms with Gasteiger partial charge >= 0.3 is 12.1 Å². The fourth-order valence-corrected chi connectivity index (χ4v) is 4.85. The maximum absolute atomic E-state index is 12.8. The number of hydrogen-bond acceptors (Lipinski definition) is 3. The van der Waals surface area contributed by atoms with Crippen LogP contribution in [0.5, 0.6) is 0 Å². The van der Waals surface area contributed by atoms with Crippen LogP contribution in [0.3, 0.4) is 0 Å². The highest BCUT2D eigenvalue weighted by molar-refractivity contribution is 6.83. The van der Waals surface area contributed by atoms with Gasteiger partial charge in [-0.05, 0) is 52.4 Å². The maximum atomic E-state index is 12.8. The van der Waals surface area contributed by atoms with E-state index in [1.54, 1.807) is 19.1 Å². The number of amides is 1. The third kappa shape index (κ3) is 5.64. The van der Waals surface area contributed by atoms with Gasteiger partial charge in [0.2, 0.25) is 0 Å². The van der Waals surface area contributed by atoms with Crippen LogP contribution in [-0.2, 0) is 16.0 Å². The number of fused-ring (bicyclic) bond motifs is 3. The number of hydrogen-bond donors (Lipinski definition) is 2. The minimum Gasteiger partial charge on any atom is -0.481 e. The van der Waals surface area contributed by atoms with Crippen LogP contribution in [0.4, 0.5) is 10.5 Å². The minimum absolute atomic E-state index is 0.0363. The van der Waals surface area contributed by atoms with Crippen LogP contribution in [0, 0.1) is 18.4 Å². The van der Waals surface area contributed by atoms with E-state index < -0.39 is 20.1 Å². The van der Waals surface area contributed by atoms with Gasteiger partial charge in [0, 0.05) is 17.2 Å². The van der Waals surface area contributed by atoms with Crippen LogP contribution in [0.1, 0.15) is 33.7 Å². The Bertz CT molecular complexity index is 1320. The lowest BCUT2D eigenvalue weighted by Gasteiger charge is -2.16. The quantitative estimate of drug-likeness (QED) is 0.334. The molecule has 0 fully saturated rings. The Morgan fingerprint density at radius 2 is 1.60 bits per heavy atom. The number of anilines is 1. The average Bonchev–Trinajstić information content (AvgIpc) is 3.12. The largest absolute Gasteiger partial charge is 0.481 e. The van der Waals surface area contributed by atoms with Gasteiger partial charge < -0.3 is 9.84 Å². The first kappa shape index (κ1) is 24.3. The smallest absolute Gasteiger partial charge is 0.411 e. The molecule has 3 aromatic carbocycles. The van der Waals surface area contributed by atoms with E-state index in [0.29, 0.717) is 22.4 Å². The summed E-state index contributed by atoms with van der Waals surface area (Å²) in [7, 11) is -1.63. The van der Waals surface area contributed by atoms with E-state index in [2.05, 4.69) is 60.7 Å². The van der Waals surface area contributed by atoms with Crippen molar-refractivity contribution in [1.29, 1.82) is 0 Å². The minimum atomic E-state index is -1.63. The summed E-state index contributed by atoms with van der Waals surface area (Å²) in [5, 5.41) is 12.2. The van der Waals surface area contributed by atoms with E-state index in [-0.39, 0.29) is 18.9 Å². The van der Waals surface area contributed by atoms with E-state index in [0.717, 1.165) is 11.1 Å². The molecule has 178 valence electrons. The van der Waals surface area contributed by atoms with Crippen LogP contribution >= 0.6 is 0 Å². The number of rotatable bonds is 5. The molecule has 0 bridgehead atoms. The van der Waals surface area contributed by atoms with Gasteiger partial charge in [0.15, 0.2) is 0 Å². The van der Waals surface area contributed by atoms with E-state index in [9.17, 15) is 14.7 Å². The van der Waals surface area contributed by atoms with Gasteiger partial charge in [-0.3, -0.25) is 10.1 Å². The number of carboxylic acid groups (broad SMARTS) is 1. The number of aliphatic carboxylic acids is 1. The number of carbonyl (C=O) groups is 2. The SMILES string of the molecule is Cc1c(CC(=O)O)cc(C#C[Si](C)(C)C)cc1NC(=O)OCC1c2ccccc2-c2ccccc21. The zero-order valence-electron chi connectivity index (χ0n) is 20.4. The summed E-state index contributed by atoms with van der Waals surface area (Å²) in [5.41, 5.74) is 10.4. The van der Waals surface area contributed by atoms with Crippen molar-refractivity contribution in [2.24, 2.45) is 0 Å². The normalized spacial score (nSPS) is 12.2. The zero-order chi connectivity index (χ0) is 25.2. The predicted molar refractivity (Wildman–Crippen MR) is 141 cm³/mol. The van der Waals surface area contributed by atoms with E-state index in [4.69, 9.17) is 4.74 Å². The fourth-order valence-electron chi connectivity index (χ4n) is 4.33. The van der Waals surface area contributed by atoms with Crippen molar-refractivity contribution in [3.63, 3.8) is 0 Å². The molecule has 0 aliphatic heterocycles. The zero-order valence-corrected chi connectivity index (χ0v) is 21.4. The van der Waals surface area contributed by atoms with E-state index in [1.165, 1.54) is 11.1 Å². The first-order chi connectivity index (χ1) is 16.6. The summed E-state index contributed by atoms with van der Waals surface area (Å²) in [6.07, 6.45) is -0.722. The molecule has 0 aromatic heterocycles. The van der Waals surface area contributed by atoms with Crippen LogP contribution in [0.15, 0.2) is 60.7 Å². The molecule has 0 radical (unpaired) electrons. The number of carboxylic acids is 1. The molecule has 1 aliphatic rings. The van der Waals surface area contributed by atoms with Crippen molar-refractivity contribution in [3.8, 4) is 22.6 Å². The lowest BCUT2D eigenvalue weighted by molar-refractivity contribution is -0.136. The average molecular weight is 484 g/mol. The highest BCUT2D eigenvalue weighted by Crippen LogP contribution is 2.44. The molecular weight excluding hydrogens is 454 g/mol. The molecule has 0 spiro atoms. The molecule has 2 N–H and O–H groups in total. The summed E-state index contributed by atoms with van der Waals surface area (Å²) >= 11 is 0. The number of ether oxygens (including phenoxy) is 1. The van der Waals surface area contributed by atoms with Crippen LogP contribution in [0.25, 0.3) is 11.1 Å². The number of carbonyl (C=O) groups excluding carboxylic acids is 1. The molecule has 3 aromatic rings.